The number of phosphoric acid groups is 1. The summed E-state index contributed by atoms with van der Waals surface area (Å²) in [5, 5.41) is 31.1. The third-order valence-electron chi connectivity index (χ3n) is 14.2. The molecule has 0 aliphatic carbocycles. The first-order valence-electron chi connectivity index (χ1n) is 30.4. The number of carbonyl (C=O) groups excluding carboxylic acids is 3. The molecule has 0 spiro atoms. The molecule has 1 heterocycles. The normalized spacial score (nSPS) is 15.7. The maximum Gasteiger partial charge on any atom is 0.472 e. The van der Waals surface area contributed by atoms with E-state index in [1.807, 2.05) is 0 Å². The van der Waals surface area contributed by atoms with Crippen molar-refractivity contribution < 1.29 is 72.1 Å². The minimum atomic E-state index is -4.75. The molecule has 1 unspecified atom stereocenters. The van der Waals surface area contributed by atoms with Gasteiger partial charge in [-0.1, -0.05) is 194 Å². The molecule has 21 heteroatoms. The van der Waals surface area contributed by atoms with Crippen LogP contribution in [0.15, 0.2) is 0 Å². The van der Waals surface area contributed by atoms with Gasteiger partial charge < -0.3 is 35.0 Å². The van der Waals surface area contributed by atoms with E-state index >= 15 is 0 Å². The summed E-state index contributed by atoms with van der Waals surface area (Å²) < 4.78 is 34.4. The van der Waals surface area contributed by atoms with Crippen molar-refractivity contribution in [1.82, 2.24) is 24.9 Å². The number of rotatable bonds is 50. The number of nitrogens with zero attached hydrogens (tertiary/aromatic N) is 4. The Balaban J connectivity index is 2.66. The van der Waals surface area contributed by atoms with Gasteiger partial charge in [0.25, 0.3) is 0 Å². The predicted octanol–water partition coefficient (Wildman–Crippen LogP) is 9.69. The van der Waals surface area contributed by atoms with E-state index in [9.17, 15) is 53.5 Å². The first kappa shape index (κ1) is 72.8. The van der Waals surface area contributed by atoms with Crippen LogP contribution in [0.3, 0.4) is 0 Å². The smallest absolute Gasteiger partial charge is 0.472 e. The lowest BCUT2D eigenvalue weighted by Gasteiger charge is -2.32. The number of phosphoric ester groups is 1. The molecule has 0 radical (unpaired) electrons. The highest BCUT2D eigenvalue weighted by Crippen LogP contribution is 2.43. The van der Waals surface area contributed by atoms with Gasteiger partial charge in [-0.3, -0.25) is 57.4 Å². The van der Waals surface area contributed by atoms with Crippen molar-refractivity contribution >= 4 is 43.6 Å². The van der Waals surface area contributed by atoms with Crippen LogP contribution in [0.5, 0.6) is 0 Å². The number of hydrogen-bond donors (Lipinski definition) is 5. The molecule has 20 nitrogen and oxygen atoms in total. The summed E-state index contributed by atoms with van der Waals surface area (Å²) in [5.41, 5.74) is 0. The zero-order chi connectivity index (χ0) is 57.3. The highest BCUT2D eigenvalue weighted by Gasteiger charge is 2.27. The number of hydrogen-bond acceptors (Lipinski definition) is 15. The Morgan fingerprint density at radius 3 is 1.08 bits per heavy atom. The number of ether oxygens (including phenoxy) is 2. The Bertz CT molecular complexity index is 1580. The fourth-order valence-corrected chi connectivity index (χ4v) is 10.3. The van der Waals surface area contributed by atoms with Crippen LogP contribution < -0.4 is 5.32 Å². The highest BCUT2D eigenvalue weighted by molar-refractivity contribution is 7.47. The van der Waals surface area contributed by atoms with Crippen LogP contribution in [-0.2, 0) is 51.9 Å². The zero-order valence-corrected chi connectivity index (χ0v) is 49.4. The van der Waals surface area contributed by atoms with Crippen molar-refractivity contribution in [3.8, 4) is 0 Å². The number of unbranched alkanes of at least 4 members (excludes halogenated alkanes) is 28. The van der Waals surface area contributed by atoms with Crippen molar-refractivity contribution in [2.45, 2.75) is 225 Å². The second-order valence-electron chi connectivity index (χ2n) is 21.4. The molecular weight excluding hydrogens is 1030 g/mol. The molecule has 1 amide bonds. The lowest BCUT2D eigenvalue weighted by Crippen LogP contribution is -2.50. The largest absolute Gasteiger partial charge is 0.480 e. The van der Waals surface area contributed by atoms with Gasteiger partial charge in [0.15, 0.2) is 6.10 Å². The van der Waals surface area contributed by atoms with Crippen LogP contribution in [0.25, 0.3) is 0 Å². The Labute approximate surface area is 469 Å². The van der Waals surface area contributed by atoms with Gasteiger partial charge in [-0.05, 0) is 12.8 Å². The molecule has 0 aromatic rings. The van der Waals surface area contributed by atoms with Crippen LogP contribution in [0.1, 0.15) is 219 Å². The average Bonchev–Trinajstić information content (AvgIpc) is 3.38. The van der Waals surface area contributed by atoms with Gasteiger partial charge in [0.2, 0.25) is 5.91 Å². The number of carboxylic acid groups (broad SMARTS) is 3. The van der Waals surface area contributed by atoms with Gasteiger partial charge >= 0.3 is 37.7 Å². The second-order valence-corrected chi connectivity index (χ2v) is 22.9. The van der Waals surface area contributed by atoms with E-state index in [0.717, 1.165) is 38.5 Å². The summed E-state index contributed by atoms with van der Waals surface area (Å²) in [6.07, 6.45) is 35.1. The number of carbonyl (C=O) groups is 6. The van der Waals surface area contributed by atoms with Crippen LogP contribution in [0.4, 0.5) is 0 Å². The SMILES string of the molecule is CCCCCCCCCCCCCCCCCC(=O)OC[C@H](COP(=O)(O)OCCNC(=O)CN1CCN(CC(=O)O)CCN(CC(=O)O)CCN(CC(=O)O)CC1)OC(=O)CCCCCCCCCCCCCCCCC. The Morgan fingerprint density at radius 2 is 0.744 bits per heavy atom. The third kappa shape index (κ3) is 46.5. The molecule has 2 atom stereocenters. The topological polar surface area (TPSA) is 262 Å². The molecule has 78 heavy (non-hydrogen) atoms. The van der Waals surface area contributed by atoms with E-state index in [1.165, 1.54) is 141 Å². The van der Waals surface area contributed by atoms with Gasteiger partial charge in [-0.25, -0.2) is 4.57 Å². The zero-order valence-electron chi connectivity index (χ0n) is 48.5. The lowest BCUT2D eigenvalue weighted by molar-refractivity contribution is -0.161. The van der Waals surface area contributed by atoms with Gasteiger partial charge in [-0.2, -0.15) is 0 Å². The van der Waals surface area contributed by atoms with E-state index in [4.69, 9.17) is 18.5 Å². The molecule has 5 N–H and O–H groups in total. The molecule has 0 bridgehead atoms. The molecule has 0 saturated carbocycles. The molecule has 0 aromatic heterocycles. The Morgan fingerprint density at radius 1 is 0.436 bits per heavy atom. The van der Waals surface area contributed by atoms with Gasteiger partial charge in [-0.15, -0.1) is 0 Å². The maximum absolute atomic E-state index is 13.1. The van der Waals surface area contributed by atoms with E-state index in [1.54, 1.807) is 19.6 Å². The molecule has 1 fully saturated rings. The highest BCUT2D eigenvalue weighted by atomic mass is 31.2. The van der Waals surface area contributed by atoms with Crippen molar-refractivity contribution in [2.75, 3.05) is 105 Å². The molecule has 456 valence electrons. The van der Waals surface area contributed by atoms with Crippen LogP contribution in [0, 0.1) is 0 Å². The standard InChI is InChI=1S/C57H108N5O15P/c1-3-5-7-9-11-13-15-17-19-21-23-25-27-29-31-33-56(70)74-49-51(77-57(71)34-32-30-28-26-24-22-20-18-16-14-12-10-8-6-4-2)50-76-78(72,73)75-44-35-58-52(63)45-59-36-38-60(46-53(64)65)40-42-62(48-55(68)69)43-41-61(39-37-59)47-54(66)67/h51H,3-50H2,1-2H3,(H,58,63)(H,64,65)(H,66,67)(H,68,69)(H,72,73)/t51-/m1/s1. The van der Waals surface area contributed by atoms with Crippen LogP contribution >= 0.6 is 7.82 Å². The summed E-state index contributed by atoms with van der Waals surface area (Å²) >= 11 is 0. The van der Waals surface area contributed by atoms with E-state index < -0.39 is 62.9 Å². The quantitative estimate of drug-likeness (QED) is 0.0216. The van der Waals surface area contributed by atoms with E-state index in [0.29, 0.717) is 12.8 Å². The van der Waals surface area contributed by atoms with E-state index in [2.05, 4.69) is 19.2 Å². The molecule has 1 saturated heterocycles. The Hall–Kier alpha value is -3.23. The number of aliphatic carboxylic acids is 3. The minimum Gasteiger partial charge on any atom is -0.480 e. The first-order chi connectivity index (χ1) is 37.6. The fraction of sp³-hybridized carbons (Fsp3) is 0.895. The average molecular weight is 1130 g/mol. The molecular formula is C57H108N5O15P. The van der Waals surface area contributed by atoms with Gasteiger partial charge in [0.1, 0.15) is 6.61 Å². The van der Waals surface area contributed by atoms with Crippen molar-refractivity contribution in [1.29, 1.82) is 0 Å². The predicted molar refractivity (Wildman–Crippen MR) is 303 cm³/mol. The van der Waals surface area contributed by atoms with Crippen LogP contribution in [0.2, 0.25) is 0 Å². The molecule has 1 rings (SSSR count). The second kappa shape index (κ2) is 49.6. The van der Waals surface area contributed by atoms with E-state index in [-0.39, 0.29) is 105 Å². The summed E-state index contributed by atoms with van der Waals surface area (Å²) in [7, 11) is -4.75. The first-order valence-corrected chi connectivity index (χ1v) is 31.9. The summed E-state index contributed by atoms with van der Waals surface area (Å²) in [6.45, 7) is 3.70. The Kier molecular flexibility index (Phi) is 46.3. The number of nitrogens with one attached hydrogen (secondary N) is 1. The summed E-state index contributed by atoms with van der Waals surface area (Å²) in [6, 6.07) is 0. The van der Waals surface area contributed by atoms with Crippen molar-refractivity contribution in [3.63, 3.8) is 0 Å². The van der Waals surface area contributed by atoms with Crippen LogP contribution in [-0.4, -0.2) is 187 Å². The maximum atomic E-state index is 13.1. The lowest BCUT2D eigenvalue weighted by atomic mass is 10.0. The van der Waals surface area contributed by atoms with Gasteiger partial charge in [0, 0.05) is 71.7 Å². The molecule has 0 aromatic carbocycles. The number of amides is 1. The van der Waals surface area contributed by atoms with Crippen molar-refractivity contribution in [3.05, 3.63) is 0 Å². The third-order valence-corrected chi connectivity index (χ3v) is 15.2. The summed E-state index contributed by atoms with van der Waals surface area (Å²) in [5.74, 6) is -4.67. The number of esters is 2. The molecule has 1 aliphatic heterocycles. The summed E-state index contributed by atoms with van der Waals surface area (Å²) in [4.78, 5) is 90.8. The fourth-order valence-electron chi connectivity index (χ4n) is 9.51. The van der Waals surface area contributed by atoms with Gasteiger partial charge in [0.05, 0.1) is 39.4 Å². The van der Waals surface area contributed by atoms with Crippen molar-refractivity contribution in [2.24, 2.45) is 0 Å². The minimum absolute atomic E-state index is 0.140. The molecule has 1 aliphatic rings. The number of carboxylic acids is 3. The monoisotopic (exact) mass is 1130 g/mol.